The molecule has 1 aromatic carbocycles. The zero-order chi connectivity index (χ0) is 11.4. The van der Waals surface area contributed by atoms with Gasteiger partial charge in [-0.25, -0.2) is 4.98 Å². The van der Waals surface area contributed by atoms with Gasteiger partial charge in [0.25, 0.3) is 5.91 Å². The number of amides is 1. The zero-order valence-electron chi connectivity index (χ0n) is 9.03. The molecule has 0 radical (unpaired) electrons. The summed E-state index contributed by atoms with van der Waals surface area (Å²) >= 11 is 0. The number of H-pyrrole nitrogens is 1. The zero-order valence-corrected chi connectivity index (χ0v) is 9.03. The molecule has 2 rings (SSSR count). The number of rotatable bonds is 3. The Hall–Kier alpha value is -2.10. The number of benzene rings is 1. The third-order valence-corrected chi connectivity index (χ3v) is 2.31. The quantitative estimate of drug-likeness (QED) is 0.817. The Morgan fingerprint density at radius 2 is 2.12 bits per heavy atom. The van der Waals surface area contributed by atoms with Gasteiger partial charge in [-0.2, -0.15) is 0 Å². The van der Waals surface area contributed by atoms with Crippen LogP contribution in [0.3, 0.4) is 0 Å². The molecule has 0 bridgehead atoms. The van der Waals surface area contributed by atoms with Crippen molar-refractivity contribution in [2.24, 2.45) is 0 Å². The number of hydrogen-bond acceptors (Lipinski definition) is 2. The summed E-state index contributed by atoms with van der Waals surface area (Å²) in [6.07, 6.45) is 3.28. The van der Waals surface area contributed by atoms with E-state index >= 15 is 0 Å². The molecule has 1 amide bonds. The largest absolute Gasteiger partial charge is 0.347 e. The number of nitrogens with one attached hydrogen (secondary N) is 2. The summed E-state index contributed by atoms with van der Waals surface area (Å²) < 4.78 is 0. The van der Waals surface area contributed by atoms with Gasteiger partial charge in [0.05, 0.1) is 18.6 Å². The van der Waals surface area contributed by atoms with E-state index in [0.717, 1.165) is 11.3 Å². The molecular weight excluding hydrogens is 202 g/mol. The highest BCUT2D eigenvalue weighted by molar-refractivity contribution is 5.94. The average molecular weight is 215 g/mol. The van der Waals surface area contributed by atoms with E-state index in [9.17, 15) is 4.79 Å². The number of imidazole rings is 1. The molecule has 1 heterocycles. The van der Waals surface area contributed by atoms with Crippen LogP contribution in [0.1, 0.15) is 21.6 Å². The van der Waals surface area contributed by atoms with E-state index in [4.69, 9.17) is 0 Å². The number of aromatic amines is 1. The van der Waals surface area contributed by atoms with Crippen molar-refractivity contribution >= 4 is 5.91 Å². The summed E-state index contributed by atoms with van der Waals surface area (Å²) in [5.74, 6) is -0.0744. The average Bonchev–Trinajstić information content (AvgIpc) is 2.80. The summed E-state index contributed by atoms with van der Waals surface area (Å²) in [5.41, 5.74) is 2.70. The molecule has 0 aliphatic heterocycles. The van der Waals surface area contributed by atoms with Crippen LogP contribution in [0.2, 0.25) is 0 Å². The molecule has 2 N–H and O–H groups in total. The lowest BCUT2D eigenvalue weighted by Gasteiger charge is -2.03. The van der Waals surface area contributed by atoms with E-state index in [-0.39, 0.29) is 5.91 Å². The molecule has 16 heavy (non-hydrogen) atoms. The SMILES string of the molecule is Cc1ccc(C(=O)NCc2cnc[nH]2)cc1. The second-order valence-electron chi connectivity index (χ2n) is 3.63. The highest BCUT2D eigenvalue weighted by Gasteiger charge is 2.04. The summed E-state index contributed by atoms with van der Waals surface area (Å²) in [6, 6.07) is 7.48. The van der Waals surface area contributed by atoms with Crippen LogP contribution in [0.15, 0.2) is 36.8 Å². The van der Waals surface area contributed by atoms with Crippen LogP contribution in [0.4, 0.5) is 0 Å². The van der Waals surface area contributed by atoms with Crippen molar-refractivity contribution in [2.45, 2.75) is 13.5 Å². The van der Waals surface area contributed by atoms with Gasteiger partial charge in [-0.05, 0) is 19.1 Å². The Balaban J connectivity index is 1.95. The molecule has 0 fully saturated rings. The minimum Gasteiger partial charge on any atom is -0.347 e. The van der Waals surface area contributed by atoms with Crippen LogP contribution in [0.5, 0.6) is 0 Å². The fraction of sp³-hybridized carbons (Fsp3) is 0.167. The number of hydrogen-bond donors (Lipinski definition) is 2. The Morgan fingerprint density at radius 1 is 1.38 bits per heavy atom. The van der Waals surface area contributed by atoms with Gasteiger partial charge >= 0.3 is 0 Å². The molecule has 1 aromatic heterocycles. The smallest absolute Gasteiger partial charge is 0.251 e. The minimum absolute atomic E-state index is 0.0744. The first-order valence-corrected chi connectivity index (χ1v) is 5.08. The van der Waals surface area contributed by atoms with Crippen molar-refractivity contribution in [3.05, 3.63) is 53.6 Å². The first-order chi connectivity index (χ1) is 7.75. The van der Waals surface area contributed by atoms with Gasteiger partial charge in [-0.1, -0.05) is 17.7 Å². The second-order valence-corrected chi connectivity index (χ2v) is 3.63. The number of nitrogens with zero attached hydrogens (tertiary/aromatic N) is 1. The summed E-state index contributed by atoms with van der Waals surface area (Å²) in [6.45, 7) is 2.46. The van der Waals surface area contributed by atoms with Gasteiger partial charge in [-0.15, -0.1) is 0 Å². The van der Waals surface area contributed by atoms with Gasteiger partial charge in [0, 0.05) is 11.8 Å². The van der Waals surface area contributed by atoms with Gasteiger partial charge < -0.3 is 10.3 Å². The summed E-state index contributed by atoms with van der Waals surface area (Å²) in [7, 11) is 0. The number of carbonyl (C=O) groups excluding carboxylic acids is 1. The Morgan fingerprint density at radius 3 is 2.75 bits per heavy atom. The second kappa shape index (κ2) is 4.61. The first-order valence-electron chi connectivity index (χ1n) is 5.08. The first kappa shape index (κ1) is 10.4. The maximum Gasteiger partial charge on any atom is 0.251 e. The fourth-order valence-electron chi connectivity index (χ4n) is 1.36. The Kier molecular flexibility index (Phi) is 3.00. The normalized spacial score (nSPS) is 10.1. The van der Waals surface area contributed by atoms with Crippen molar-refractivity contribution in [1.29, 1.82) is 0 Å². The Bertz CT molecular complexity index is 460. The van der Waals surface area contributed by atoms with Crippen LogP contribution >= 0.6 is 0 Å². The van der Waals surface area contributed by atoms with E-state index < -0.39 is 0 Å². The minimum atomic E-state index is -0.0744. The standard InChI is InChI=1S/C12H13N3O/c1-9-2-4-10(5-3-9)12(16)14-7-11-6-13-8-15-11/h2-6,8H,7H2,1H3,(H,13,15)(H,14,16). The van der Waals surface area contributed by atoms with Crippen LogP contribution in [0, 0.1) is 6.92 Å². The molecule has 0 aliphatic rings. The molecule has 0 saturated carbocycles. The molecule has 4 heteroatoms. The van der Waals surface area contributed by atoms with Crippen molar-refractivity contribution in [2.75, 3.05) is 0 Å². The van der Waals surface area contributed by atoms with Crippen molar-refractivity contribution in [3.8, 4) is 0 Å². The molecule has 4 nitrogen and oxygen atoms in total. The summed E-state index contributed by atoms with van der Waals surface area (Å²) in [4.78, 5) is 18.5. The third-order valence-electron chi connectivity index (χ3n) is 2.31. The van der Waals surface area contributed by atoms with Crippen LogP contribution in [0.25, 0.3) is 0 Å². The molecule has 0 saturated heterocycles. The molecule has 0 aliphatic carbocycles. The number of carbonyl (C=O) groups is 1. The predicted molar refractivity (Wildman–Crippen MR) is 60.9 cm³/mol. The number of aryl methyl sites for hydroxylation is 1. The molecule has 2 aromatic rings. The molecule has 0 spiro atoms. The van der Waals surface area contributed by atoms with E-state index in [2.05, 4.69) is 15.3 Å². The lowest BCUT2D eigenvalue weighted by atomic mass is 10.1. The maximum atomic E-state index is 11.7. The highest BCUT2D eigenvalue weighted by atomic mass is 16.1. The van der Waals surface area contributed by atoms with Crippen LogP contribution < -0.4 is 5.32 Å². The molecular formula is C12H13N3O. The molecule has 82 valence electrons. The van der Waals surface area contributed by atoms with E-state index in [0.29, 0.717) is 12.1 Å². The fourth-order valence-corrected chi connectivity index (χ4v) is 1.36. The van der Waals surface area contributed by atoms with Crippen molar-refractivity contribution < 1.29 is 4.79 Å². The molecule has 0 atom stereocenters. The van der Waals surface area contributed by atoms with Crippen molar-refractivity contribution in [3.63, 3.8) is 0 Å². The summed E-state index contributed by atoms with van der Waals surface area (Å²) in [5, 5.41) is 2.81. The topological polar surface area (TPSA) is 57.8 Å². The van der Waals surface area contributed by atoms with Crippen LogP contribution in [-0.4, -0.2) is 15.9 Å². The maximum absolute atomic E-state index is 11.7. The van der Waals surface area contributed by atoms with E-state index in [1.54, 1.807) is 12.5 Å². The Labute approximate surface area is 93.7 Å². The third kappa shape index (κ3) is 2.48. The van der Waals surface area contributed by atoms with Gasteiger partial charge in [0.1, 0.15) is 0 Å². The van der Waals surface area contributed by atoms with E-state index in [1.807, 2.05) is 31.2 Å². The lowest BCUT2D eigenvalue weighted by Crippen LogP contribution is -2.22. The predicted octanol–water partition coefficient (Wildman–Crippen LogP) is 1.65. The van der Waals surface area contributed by atoms with Gasteiger partial charge in [-0.3, -0.25) is 4.79 Å². The van der Waals surface area contributed by atoms with E-state index in [1.165, 1.54) is 0 Å². The van der Waals surface area contributed by atoms with Gasteiger partial charge in [0.2, 0.25) is 0 Å². The molecule has 0 unspecified atom stereocenters. The number of aromatic nitrogens is 2. The van der Waals surface area contributed by atoms with Crippen LogP contribution in [-0.2, 0) is 6.54 Å². The van der Waals surface area contributed by atoms with Gasteiger partial charge in [0.15, 0.2) is 0 Å². The monoisotopic (exact) mass is 215 g/mol. The lowest BCUT2D eigenvalue weighted by molar-refractivity contribution is 0.0950. The van der Waals surface area contributed by atoms with Crippen molar-refractivity contribution in [1.82, 2.24) is 15.3 Å². The highest BCUT2D eigenvalue weighted by Crippen LogP contribution is 2.03.